The molecule has 2 aromatic rings. The Hall–Kier alpha value is -3.88. The van der Waals surface area contributed by atoms with Gasteiger partial charge >= 0.3 is 12.1 Å². The summed E-state index contributed by atoms with van der Waals surface area (Å²) in [6.45, 7) is 18.4. The van der Waals surface area contributed by atoms with Crippen LogP contribution in [-0.2, 0) is 30.3 Å². The molecule has 1 fully saturated rings. The summed E-state index contributed by atoms with van der Waals surface area (Å²) in [4.78, 5) is 57.7. The number of carbonyl (C=O) groups excluding carboxylic acids is 4. The van der Waals surface area contributed by atoms with Crippen LogP contribution in [0.1, 0.15) is 109 Å². The van der Waals surface area contributed by atoms with Crippen molar-refractivity contribution in [1.82, 2.24) is 15.5 Å². The highest BCUT2D eigenvalue weighted by Gasteiger charge is 2.44. The second-order valence-corrected chi connectivity index (χ2v) is 14.9. The average molecular weight is 650 g/mol. The molecule has 1 aliphatic carbocycles. The monoisotopic (exact) mass is 649 g/mol. The number of hydrogen-bond donors (Lipinski definition) is 2. The second kappa shape index (κ2) is 15.8. The van der Waals surface area contributed by atoms with E-state index in [9.17, 15) is 19.2 Å². The van der Waals surface area contributed by atoms with E-state index in [4.69, 9.17) is 9.47 Å². The molecule has 3 amide bonds. The van der Waals surface area contributed by atoms with Crippen molar-refractivity contribution in [2.24, 2.45) is 5.92 Å². The van der Waals surface area contributed by atoms with Crippen molar-refractivity contribution in [2.75, 3.05) is 0 Å². The molecule has 258 valence electrons. The van der Waals surface area contributed by atoms with Crippen molar-refractivity contribution in [2.45, 2.75) is 137 Å². The standard InChI is InChI=1S/C38H55N3O6/c1-11-25(3)31(40-36(45)47-38(8,9)10)34(43)41(28-18-15-19-28)32(29-21-20-24(2)22-26(29)4)33(42)39-30(35(44)46-37(5,6)7)23-27-16-13-12-14-17-27/h12-14,16-17,20-22,25,28,30-32H,11,15,18-19,23H2,1-10H3,(H,39,42)(H,40,45). The summed E-state index contributed by atoms with van der Waals surface area (Å²) in [6.07, 6.45) is 2.50. The van der Waals surface area contributed by atoms with E-state index in [2.05, 4.69) is 10.6 Å². The van der Waals surface area contributed by atoms with Crippen LogP contribution < -0.4 is 10.6 Å². The number of aryl methyl sites for hydroxylation is 2. The van der Waals surface area contributed by atoms with Gasteiger partial charge in [-0.05, 0) is 97.3 Å². The van der Waals surface area contributed by atoms with Gasteiger partial charge < -0.3 is 25.0 Å². The molecule has 3 rings (SSSR count). The van der Waals surface area contributed by atoms with Gasteiger partial charge in [0.2, 0.25) is 11.8 Å². The van der Waals surface area contributed by atoms with E-state index in [1.165, 1.54) is 0 Å². The Bertz CT molecular complexity index is 1390. The molecule has 0 bridgehead atoms. The summed E-state index contributed by atoms with van der Waals surface area (Å²) < 4.78 is 11.3. The second-order valence-electron chi connectivity index (χ2n) is 14.9. The van der Waals surface area contributed by atoms with Gasteiger partial charge in [0.05, 0.1) is 0 Å². The first-order valence-corrected chi connectivity index (χ1v) is 16.9. The van der Waals surface area contributed by atoms with Crippen LogP contribution in [-0.4, -0.2) is 58.1 Å². The predicted molar refractivity (Wildman–Crippen MR) is 184 cm³/mol. The quantitative estimate of drug-likeness (QED) is 0.247. The van der Waals surface area contributed by atoms with Gasteiger partial charge in [0.15, 0.2) is 0 Å². The molecule has 1 aliphatic rings. The molecule has 0 aromatic heterocycles. The number of benzene rings is 2. The van der Waals surface area contributed by atoms with Crippen molar-refractivity contribution in [3.63, 3.8) is 0 Å². The summed E-state index contributed by atoms with van der Waals surface area (Å²) in [5, 5.41) is 5.84. The van der Waals surface area contributed by atoms with E-state index in [-0.39, 0.29) is 24.3 Å². The minimum atomic E-state index is -1.05. The van der Waals surface area contributed by atoms with Crippen molar-refractivity contribution in [3.8, 4) is 0 Å². The molecule has 9 nitrogen and oxygen atoms in total. The number of rotatable bonds is 12. The highest BCUT2D eigenvalue weighted by atomic mass is 16.6. The van der Waals surface area contributed by atoms with Gasteiger partial charge in [-0.3, -0.25) is 9.59 Å². The fourth-order valence-corrected chi connectivity index (χ4v) is 5.68. The Morgan fingerprint density at radius 1 is 0.894 bits per heavy atom. The Balaban J connectivity index is 2.11. The van der Waals surface area contributed by atoms with Crippen molar-refractivity contribution < 1.29 is 28.7 Å². The lowest BCUT2D eigenvalue weighted by Gasteiger charge is -2.45. The van der Waals surface area contributed by atoms with Gasteiger partial charge in [-0.2, -0.15) is 0 Å². The average Bonchev–Trinajstić information content (AvgIpc) is 2.93. The molecule has 2 N–H and O–H groups in total. The number of nitrogens with one attached hydrogen (secondary N) is 2. The van der Waals surface area contributed by atoms with E-state index in [1.54, 1.807) is 46.4 Å². The zero-order chi connectivity index (χ0) is 35.1. The lowest BCUT2D eigenvalue weighted by atomic mass is 9.86. The number of amides is 3. The number of alkyl carbamates (subject to hydrolysis) is 1. The van der Waals surface area contributed by atoms with E-state index in [0.717, 1.165) is 36.0 Å². The summed E-state index contributed by atoms with van der Waals surface area (Å²) in [6, 6.07) is 12.0. The summed E-state index contributed by atoms with van der Waals surface area (Å²) in [7, 11) is 0. The Kier molecular flexibility index (Phi) is 12.6. The van der Waals surface area contributed by atoms with Crippen LogP contribution in [0, 0.1) is 19.8 Å². The largest absolute Gasteiger partial charge is 0.458 e. The SMILES string of the molecule is CCC(C)C(NC(=O)OC(C)(C)C)C(=O)N(C1CCC1)C(C(=O)NC(Cc1ccccc1)C(=O)OC(C)(C)C)c1ccc(C)cc1C. The van der Waals surface area contributed by atoms with E-state index < -0.39 is 47.3 Å². The van der Waals surface area contributed by atoms with Crippen LogP contribution in [0.25, 0.3) is 0 Å². The fraction of sp³-hybridized carbons (Fsp3) is 0.579. The van der Waals surface area contributed by atoms with E-state index in [1.807, 2.05) is 76.2 Å². The predicted octanol–water partition coefficient (Wildman–Crippen LogP) is 6.73. The fourth-order valence-electron chi connectivity index (χ4n) is 5.68. The highest BCUT2D eigenvalue weighted by molar-refractivity contribution is 5.94. The Morgan fingerprint density at radius 3 is 2.02 bits per heavy atom. The summed E-state index contributed by atoms with van der Waals surface area (Å²) in [5.41, 5.74) is 1.87. The maximum atomic E-state index is 14.8. The molecular formula is C38H55N3O6. The van der Waals surface area contributed by atoms with Crippen LogP contribution in [0.2, 0.25) is 0 Å². The zero-order valence-electron chi connectivity index (χ0n) is 29.9. The smallest absolute Gasteiger partial charge is 0.408 e. The Labute approximate surface area is 281 Å². The van der Waals surface area contributed by atoms with E-state index in [0.29, 0.717) is 12.0 Å². The van der Waals surface area contributed by atoms with Crippen LogP contribution in [0.15, 0.2) is 48.5 Å². The lowest BCUT2D eigenvalue weighted by Crippen LogP contribution is -2.60. The molecule has 0 radical (unpaired) electrons. The van der Waals surface area contributed by atoms with E-state index >= 15 is 0 Å². The van der Waals surface area contributed by atoms with Gasteiger partial charge in [-0.1, -0.05) is 74.4 Å². The normalized spacial score (nSPS) is 16.1. The summed E-state index contributed by atoms with van der Waals surface area (Å²) in [5.74, 6) is -1.64. The third kappa shape index (κ3) is 10.8. The van der Waals surface area contributed by atoms with Crippen LogP contribution in [0.4, 0.5) is 4.79 Å². The third-order valence-electron chi connectivity index (χ3n) is 8.41. The van der Waals surface area contributed by atoms with Gasteiger partial charge in [-0.15, -0.1) is 0 Å². The van der Waals surface area contributed by atoms with Crippen LogP contribution in [0.3, 0.4) is 0 Å². The maximum absolute atomic E-state index is 14.8. The number of ether oxygens (including phenoxy) is 2. The molecule has 0 aliphatic heterocycles. The third-order valence-corrected chi connectivity index (χ3v) is 8.41. The topological polar surface area (TPSA) is 114 Å². The molecule has 2 aromatic carbocycles. The highest BCUT2D eigenvalue weighted by Crippen LogP contribution is 2.36. The number of carbonyl (C=O) groups is 4. The molecular weight excluding hydrogens is 594 g/mol. The Morgan fingerprint density at radius 2 is 1.51 bits per heavy atom. The minimum Gasteiger partial charge on any atom is -0.458 e. The maximum Gasteiger partial charge on any atom is 0.408 e. The van der Waals surface area contributed by atoms with Crippen molar-refractivity contribution in [3.05, 3.63) is 70.8 Å². The van der Waals surface area contributed by atoms with Gasteiger partial charge in [0, 0.05) is 12.5 Å². The molecule has 9 heteroatoms. The molecule has 0 heterocycles. The molecule has 1 saturated carbocycles. The summed E-state index contributed by atoms with van der Waals surface area (Å²) >= 11 is 0. The van der Waals surface area contributed by atoms with Crippen LogP contribution in [0.5, 0.6) is 0 Å². The number of nitrogens with zero attached hydrogens (tertiary/aromatic N) is 1. The first-order chi connectivity index (χ1) is 21.9. The van der Waals surface area contributed by atoms with Gasteiger partial charge in [0.25, 0.3) is 0 Å². The molecule has 0 spiro atoms. The molecule has 4 unspecified atom stereocenters. The number of esters is 1. The molecule has 47 heavy (non-hydrogen) atoms. The first kappa shape index (κ1) is 37.6. The van der Waals surface area contributed by atoms with Crippen molar-refractivity contribution >= 4 is 23.9 Å². The minimum absolute atomic E-state index is 0.216. The van der Waals surface area contributed by atoms with Gasteiger partial charge in [0.1, 0.15) is 29.3 Å². The van der Waals surface area contributed by atoms with Gasteiger partial charge in [-0.25, -0.2) is 9.59 Å². The zero-order valence-corrected chi connectivity index (χ0v) is 29.9. The lowest BCUT2D eigenvalue weighted by molar-refractivity contribution is -0.159. The van der Waals surface area contributed by atoms with Crippen molar-refractivity contribution in [1.29, 1.82) is 0 Å². The molecule has 4 atom stereocenters. The number of hydrogen-bond acceptors (Lipinski definition) is 6. The van der Waals surface area contributed by atoms with Crippen LogP contribution >= 0.6 is 0 Å². The first-order valence-electron chi connectivity index (χ1n) is 16.9. The molecule has 0 saturated heterocycles.